The summed E-state index contributed by atoms with van der Waals surface area (Å²) in [6, 6.07) is 9.05. The Balaban J connectivity index is 1.61. The minimum Gasteiger partial charge on any atom is -0.454 e. The molecule has 10 nitrogen and oxygen atoms in total. The lowest BCUT2D eigenvalue weighted by atomic mass is 10.1. The zero-order valence-electron chi connectivity index (χ0n) is 15.8. The summed E-state index contributed by atoms with van der Waals surface area (Å²) in [7, 11) is 1.57. The van der Waals surface area contributed by atoms with Gasteiger partial charge >= 0.3 is 5.97 Å². The molecule has 0 fully saturated rings. The summed E-state index contributed by atoms with van der Waals surface area (Å²) < 4.78 is 15.7. The van der Waals surface area contributed by atoms with Crippen molar-refractivity contribution in [1.29, 1.82) is 0 Å². The van der Waals surface area contributed by atoms with Crippen molar-refractivity contribution in [3.8, 4) is 11.5 Å². The molecule has 0 saturated heterocycles. The number of nitrogens with one attached hydrogen (secondary N) is 2. The molecule has 0 saturated carbocycles. The first kappa shape index (κ1) is 19.9. The van der Waals surface area contributed by atoms with Gasteiger partial charge in [-0.1, -0.05) is 6.07 Å². The van der Waals surface area contributed by atoms with Crippen LogP contribution in [-0.2, 0) is 16.1 Å². The number of hydrogen-bond donors (Lipinski definition) is 2. The first-order chi connectivity index (χ1) is 13.9. The number of fused-ring (bicyclic) bond motifs is 1. The van der Waals surface area contributed by atoms with Crippen LogP contribution in [0.25, 0.3) is 0 Å². The molecule has 2 aromatic carbocycles. The van der Waals surface area contributed by atoms with Crippen LogP contribution < -0.4 is 20.1 Å². The fraction of sp³-hybridized carbons (Fsp3) is 0.263. The molecule has 0 aromatic heterocycles. The highest BCUT2D eigenvalue weighted by Gasteiger charge is 2.23. The van der Waals surface area contributed by atoms with Crippen molar-refractivity contribution in [2.24, 2.45) is 0 Å². The second kappa shape index (κ2) is 8.46. The lowest BCUT2D eigenvalue weighted by Crippen LogP contribution is -2.35. The predicted octanol–water partition coefficient (Wildman–Crippen LogP) is 2.23. The van der Waals surface area contributed by atoms with E-state index in [0.717, 1.165) is 11.6 Å². The van der Waals surface area contributed by atoms with Gasteiger partial charge in [0.25, 0.3) is 11.6 Å². The Hall–Kier alpha value is -3.82. The Morgan fingerprint density at radius 3 is 2.69 bits per heavy atom. The normalized spacial score (nSPS) is 12.8. The lowest BCUT2D eigenvalue weighted by Gasteiger charge is -2.15. The van der Waals surface area contributed by atoms with Gasteiger partial charge in [-0.25, -0.2) is 4.79 Å². The largest absolute Gasteiger partial charge is 0.454 e. The Morgan fingerprint density at radius 1 is 1.21 bits per heavy atom. The quantitative estimate of drug-likeness (QED) is 0.410. The van der Waals surface area contributed by atoms with Crippen molar-refractivity contribution in [2.45, 2.75) is 19.6 Å². The van der Waals surface area contributed by atoms with Gasteiger partial charge in [0, 0.05) is 31.4 Å². The molecule has 1 atom stereocenters. The Kier molecular flexibility index (Phi) is 5.82. The molecule has 0 bridgehead atoms. The molecule has 0 spiro atoms. The Morgan fingerprint density at radius 2 is 1.97 bits per heavy atom. The fourth-order valence-corrected chi connectivity index (χ4v) is 2.69. The molecule has 0 aliphatic carbocycles. The number of anilines is 1. The van der Waals surface area contributed by atoms with Crippen LogP contribution in [-0.4, -0.2) is 36.7 Å². The van der Waals surface area contributed by atoms with Crippen LogP contribution >= 0.6 is 0 Å². The van der Waals surface area contributed by atoms with Gasteiger partial charge in [0.05, 0.1) is 10.5 Å². The number of nitro benzene ring substituents is 1. The van der Waals surface area contributed by atoms with E-state index in [1.165, 1.54) is 19.1 Å². The number of nitro groups is 1. The van der Waals surface area contributed by atoms with Crippen LogP contribution in [0.3, 0.4) is 0 Å². The van der Waals surface area contributed by atoms with Gasteiger partial charge in [-0.3, -0.25) is 14.9 Å². The molecule has 10 heteroatoms. The van der Waals surface area contributed by atoms with Crippen LogP contribution in [0.15, 0.2) is 36.4 Å². The van der Waals surface area contributed by atoms with Crippen molar-refractivity contribution in [3.05, 3.63) is 57.6 Å². The minimum absolute atomic E-state index is 0.0304. The van der Waals surface area contributed by atoms with Gasteiger partial charge in [-0.15, -0.1) is 0 Å². The van der Waals surface area contributed by atoms with Crippen molar-refractivity contribution < 1.29 is 28.7 Å². The Bertz CT molecular complexity index is 961. The van der Waals surface area contributed by atoms with Gasteiger partial charge in [0.2, 0.25) is 6.79 Å². The third-order valence-corrected chi connectivity index (χ3v) is 4.26. The lowest BCUT2D eigenvalue weighted by molar-refractivity contribution is -0.384. The number of non-ortho nitro benzene ring substituents is 1. The molecule has 2 aromatic rings. The van der Waals surface area contributed by atoms with E-state index in [1.807, 2.05) is 0 Å². The molecule has 0 radical (unpaired) electrons. The van der Waals surface area contributed by atoms with Gasteiger partial charge < -0.3 is 24.8 Å². The van der Waals surface area contributed by atoms with Crippen LogP contribution in [0.2, 0.25) is 0 Å². The zero-order valence-corrected chi connectivity index (χ0v) is 15.8. The molecule has 29 heavy (non-hydrogen) atoms. The van der Waals surface area contributed by atoms with Gasteiger partial charge in [-0.05, 0) is 30.7 Å². The second-order valence-electron chi connectivity index (χ2n) is 6.19. The van der Waals surface area contributed by atoms with Crippen LogP contribution in [0.4, 0.5) is 11.4 Å². The molecule has 1 aliphatic rings. The summed E-state index contributed by atoms with van der Waals surface area (Å²) in [5.74, 6) is -0.114. The van der Waals surface area contributed by atoms with E-state index in [2.05, 4.69) is 10.6 Å². The topological polar surface area (TPSA) is 129 Å². The molecular formula is C19H19N3O7. The van der Waals surface area contributed by atoms with Crippen LogP contribution in [0.1, 0.15) is 22.8 Å². The van der Waals surface area contributed by atoms with Gasteiger partial charge in [0.1, 0.15) is 0 Å². The highest BCUT2D eigenvalue weighted by Crippen LogP contribution is 2.32. The number of ether oxygens (including phenoxy) is 3. The number of carbonyl (C=O) groups excluding carboxylic acids is 2. The maximum atomic E-state index is 12.4. The third-order valence-electron chi connectivity index (χ3n) is 4.26. The predicted molar refractivity (Wildman–Crippen MR) is 102 cm³/mol. The van der Waals surface area contributed by atoms with Crippen LogP contribution in [0.5, 0.6) is 11.5 Å². The van der Waals surface area contributed by atoms with Gasteiger partial charge in [0.15, 0.2) is 17.6 Å². The molecule has 1 amide bonds. The standard InChI is InChI=1S/C19H19N3O7/c1-11(18(23)21-9-12-3-6-16-17(7-12)28-10-27-16)29-19(24)14-8-13(22(25)26)4-5-15(14)20-2/h3-8,11,20H,9-10H2,1-2H3,(H,21,23)/t11-/m1/s1. The number of benzene rings is 2. The summed E-state index contributed by atoms with van der Waals surface area (Å²) in [5, 5.41) is 16.4. The summed E-state index contributed by atoms with van der Waals surface area (Å²) in [4.78, 5) is 35.0. The number of nitrogens with zero attached hydrogens (tertiary/aromatic N) is 1. The molecule has 152 valence electrons. The Labute approximate surface area is 165 Å². The number of amides is 1. The van der Waals surface area contributed by atoms with Crippen molar-refractivity contribution >= 4 is 23.3 Å². The average molecular weight is 401 g/mol. The molecule has 2 N–H and O–H groups in total. The first-order valence-corrected chi connectivity index (χ1v) is 8.72. The smallest absolute Gasteiger partial charge is 0.341 e. The summed E-state index contributed by atoms with van der Waals surface area (Å²) in [6.07, 6.45) is -1.10. The fourth-order valence-electron chi connectivity index (χ4n) is 2.69. The molecular weight excluding hydrogens is 382 g/mol. The van der Waals surface area contributed by atoms with E-state index in [4.69, 9.17) is 14.2 Å². The number of carbonyl (C=O) groups is 2. The highest BCUT2D eigenvalue weighted by molar-refractivity contribution is 5.98. The third kappa shape index (κ3) is 4.54. The molecule has 1 heterocycles. The summed E-state index contributed by atoms with van der Waals surface area (Å²) >= 11 is 0. The van der Waals surface area contributed by atoms with E-state index >= 15 is 0 Å². The van der Waals surface area contributed by atoms with E-state index in [0.29, 0.717) is 17.2 Å². The maximum absolute atomic E-state index is 12.4. The average Bonchev–Trinajstić information content (AvgIpc) is 3.19. The molecule has 0 unspecified atom stereocenters. The SMILES string of the molecule is CNc1ccc([N+](=O)[O-])cc1C(=O)O[C@H](C)C(=O)NCc1ccc2c(c1)OCO2. The zero-order chi connectivity index (χ0) is 21.0. The van der Waals surface area contributed by atoms with E-state index in [-0.39, 0.29) is 24.6 Å². The van der Waals surface area contributed by atoms with E-state index in [9.17, 15) is 19.7 Å². The van der Waals surface area contributed by atoms with Crippen molar-refractivity contribution in [1.82, 2.24) is 5.32 Å². The minimum atomic E-state index is -1.10. The van der Waals surface area contributed by atoms with Crippen LogP contribution in [0, 0.1) is 10.1 Å². The second-order valence-corrected chi connectivity index (χ2v) is 6.19. The number of hydrogen-bond acceptors (Lipinski definition) is 8. The number of rotatable bonds is 7. The molecule has 3 rings (SSSR count). The maximum Gasteiger partial charge on any atom is 0.341 e. The van der Waals surface area contributed by atoms with E-state index < -0.39 is 22.9 Å². The monoisotopic (exact) mass is 401 g/mol. The summed E-state index contributed by atoms with van der Waals surface area (Å²) in [5.41, 5.74) is 0.860. The van der Waals surface area contributed by atoms with Crippen molar-refractivity contribution in [3.63, 3.8) is 0 Å². The van der Waals surface area contributed by atoms with Gasteiger partial charge in [-0.2, -0.15) is 0 Å². The van der Waals surface area contributed by atoms with E-state index in [1.54, 1.807) is 25.2 Å². The molecule has 1 aliphatic heterocycles. The van der Waals surface area contributed by atoms with Crippen molar-refractivity contribution in [2.75, 3.05) is 19.2 Å². The summed E-state index contributed by atoms with van der Waals surface area (Å²) in [6.45, 7) is 1.78. The first-order valence-electron chi connectivity index (χ1n) is 8.72. The highest BCUT2D eigenvalue weighted by atomic mass is 16.7. The number of esters is 1.